The van der Waals surface area contributed by atoms with Gasteiger partial charge in [0.2, 0.25) is 11.8 Å². The lowest BCUT2D eigenvalue weighted by molar-refractivity contribution is -0.134. The molecule has 2 bridgehead atoms. The molecule has 2 aromatic carbocycles. The van der Waals surface area contributed by atoms with E-state index in [0.29, 0.717) is 30.8 Å². The number of nitrogens with two attached hydrogens (primary N) is 1. The maximum Gasteiger partial charge on any atom is 0.255 e. The van der Waals surface area contributed by atoms with Gasteiger partial charge in [0, 0.05) is 51.6 Å². The van der Waals surface area contributed by atoms with Gasteiger partial charge in [-0.25, -0.2) is 0 Å². The fourth-order valence-corrected chi connectivity index (χ4v) is 4.59. The third-order valence-electron chi connectivity index (χ3n) is 6.86. The van der Waals surface area contributed by atoms with Crippen LogP contribution < -0.4 is 25.8 Å². The number of ether oxygens (including phenoxy) is 2. The first-order valence-electron chi connectivity index (χ1n) is 13.9. The molecular formula is C29H37N7O6. The maximum absolute atomic E-state index is 13.6. The fraction of sp³-hybridized carbons (Fsp3) is 0.414. The maximum atomic E-state index is 13.6. The van der Waals surface area contributed by atoms with Gasteiger partial charge in [-0.2, -0.15) is 0 Å². The normalized spacial score (nSPS) is 17.8. The van der Waals surface area contributed by atoms with Crippen LogP contribution in [-0.4, -0.2) is 94.8 Å². The van der Waals surface area contributed by atoms with Gasteiger partial charge < -0.3 is 35.8 Å². The van der Waals surface area contributed by atoms with E-state index < -0.39 is 36.4 Å². The Morgan fingerprint density at radius 2 is 1.98 bits per heavy atom. The molecule has 2 heterocycles. The van der Waals surface area contributed by atoms with Crippen molar-refractivity contribution >= 4 is 17.7 Å². The van der Waals surface area contributed by atoms with Crippen molar-refractivity contribution in [1.82, 2.24) is 30.5 Å². The van der Waals surface area contributed by atoms with Gasteiger partial charge in [-0.15, -0.1) is 5.10 Å². The van der Waals surface area contributed by atoms with Gasteiger partial charge in [-0.3, -0.25) is 19.1 Å². The minimum absolute atomic E-state index is 0.101. The Labute approximate surface area is 244 Å². The summed E-state index contributed by atoms with van der Waals surface area (Å²) in [5, 5.41) is 23.5. The average Bonchev–Trinajstić information content (AvgIpc) is 3.47. The summed E-state index contributed by atoms with van der Waals surface area (Å²) in [4.78, 5) is 41.3. The van der Waals surface area contributed by atoms with Gasteiger partial charge in [0.05, 0.1) is 31.6 Å². The molecule has 0 unspecified atom stereocenters. The van der Waals surface area contributed by atoms with Gasteiger partial charge in [0.15, 0.2) is 11.5 Å². The topological polar surface area (TPSA) is 174 Å². The van der Waals surface area contributed by atoms with Crippen LogP contribution in [0.25, 0.3) is 0 Å². The molecule has 0 saturated heterocycles. The Morgan fingerprint density at radius 1 is 1.17 bits per heavy atom. The van der Waals surface area contributed by atoms with E-state index in [2.05, 4.69) is 20.9 Å². The van der Waals surface area contributed by atoms with Crippen molar-refractivity contribution in [3.63, 3.8) is 0 Å². The van der Waals surface area contributed by atoms with E-state index in [-0.39, 0.29) is 44.0 Å². The average molecular weight is 580 g/mol. The van der Waals surface area contributed by atoms with Gasteiger partial charge >= 0.3 is 0 Å². The van der Waals surface area contributed by atoms with E-state index >= 15 is 0 Å². The smallest absolute Gasteiger partial charge is 0.255 e. The van der Waals surface area contributed by atoms with Gasteiger partial charge in [0.25, 0.3) is 5.91 Å². The molecule has 0 fully saturated rings. The van der Waals surface area contributed by atoms with Crippen LogP contribution in [0.4, 0.5) is 0 Å². The summed E-state index contributed by atoms with van der Waals surface area (Å²) in [6.07, 6.45) is 3.01. The van der Waals surface area contributed by atoms with Crippen molar-refractivity contribution in [2.75, 3.05) is 40.0 Å². The number of methoxy groups -OCH3 is 1. The molecule has 13 nitrogen and oxygen atoms in total. The molecule has 0 saturated carbocycles. The molecule has 1 aromatic heterocycles. The summed E-state index contributed by atoms with van der Waals surface area (Å²) < 4.78 is 13.2. The van der Waals surface area contributed by atoms with Crippen LogP contribution in [0.5, 0.6) is 11.5 Å². The largest absolute Gasteiger partial charge is 0.493 e. The molecule has 3 aromatic rings. The lowest BCUT2D eigenvalue weighted by Crippen LogP contribution is -2.51. The predicted octanol–water partition coefficient (Wildman–Crippen LogP) is -0.0826. The first kappa shape index (κ1) is 30.5. The van der Waals surface area contributed by atoms with Crippen molar-refractivity contribution in [2.45, 2.75) is 37.9 Å². The number of fused-ring (bicyclic) bond motifs is 3. The highest BCUT2D eigenvalue weighted by molar-refractivity contribution is 6.00. The lowest BCUT2D eigenvalue weighted by Gasteiger charge is -2.26. The zero-order valence-corrected chi connectivity index (χ0v) is 23.6. The molecule has 4 rings (SSSR count). The lowest BCUT2D eigenvalue weighted by atomic mass is 10.0. The quantitative estimate of drug-likeness (QED) is 0.322. The number of benzene rings is 2. The van der Waals surface area contributed by atoms with Crippen molar-refractivity contribution < 1.29 is 29.0 Å². The molecule has 13 heteroatoms. The van der Waals surface area contributed by atoms with Crippen LogP contribution in [-0.2, 0) is 29.0 Å². The molecular weight excluding hydrogens is 542 g/mol. The second-order valence-corrected chi connectivity index (χ2v) is 9.88. The molecule has 5 N–H and O–H groups in total. The number of aromatic nitrogens is 3. The minimum atomic E-state index is -1.08. The van der Waals surface area contributed by atoms with Crippen LogP contribution >= 0.6 is 0 Å². The highest BCUT2D eigenvalue weighted by Gasteiger charge is 2.26. The summed E-state index contributed by atoms with van der Waals surface area (Å²) in [5.41, 5.74) is 7.59. The Morgan fingerprint density at radius 3 is 2.74 bits per heavy atom. The number of hydrogen-bond acceptors (Lipinski definition) is 9. The molecule has 3 amide bonds. The first-order valence-corrected chi connectivity index (χ1v) is 13.9. The minimum Gasteiger partial charge on any atom is -0.493 e. The van der Waals surface area contributed by atoms with E-state index in [1.807, 2.05) is 30.3 Å². The van der Waals surface area contributed by atoms with E-state index in [4.69, 9.17) is 15.2 Å². The Balaban J connectivity index is 1.61. The van der Waals surface area contributed by atoms with Crippen LogP contribution in [0.15, 0.2) is 54.7 Å². The Bertz CT molecular complexity index is 1350. The van der Waals surface area contributed by atoms with Crippen LogP contribution in [0.3, 0.4) is 0 Å². The number of aliphatic hydroxyl groups excluding tert-OH is 1. The molecule has 224 valence electrons. The molecule has 0 radical (unpaired) electrons. The van der Waals surface area contributed by atoms with Crippen LogP contribution in [0.2, 0.25) is 0 Å². The van der Waals surface area contributed by atoms with Crippen molar-refractivity contribution in [3.05, 3.63) is 71.5 Å². The summed E-state index contributed by atoms with van der Waals surface area (Å²) in [5.74, 6) is -0.682. The summed E-state index contributed by atoms with van der Waals surface area (Å²) in [6.45, 7) is 0.793. The number of aryl methyl sites for hydroxylation is 1. The van der Waals surface area contributed by atoms with E-state index in [1.54, 1.807) is 29.1 Å². The summed E-state index contributed by atoms with van der Waals surface area (Å²) in [6, 6.07) is 12.3. The molecule has 1 aliphatic rings. The van der Waals surface area contributed by atoms with Crippen LogP contribution in [0.1, 0.15) is 28.0 Å². The fourth-order valence-electron chi connectivity index (χ4n) is 4.59. The number of nitrogens with one attached hydrogen (secondary N) is 2. The van der Waals surface area contributed by atoms with E-state index in [1.165, 1.54) is 12.0 Å². The predicted molar refractivity (Wildman–Crippen MR) is 153 cm³/mol. The van der Waals surface area contributed by atoms with E-state index in [0.717, 1.165) is 5.56 Å². The molecule has 2 atom stereocenters. The van der Waals surface area contributed by atoms with Crippen LogP contribution in [0, 0.1) is 0 Å². The molecule has 0 aliphatic carbocycles. The number of carbonyl (C=O) groups is 3. The van der Waals surface area contributed by atoms with Crippen molar-refractivity contribution in [2.24, 2.45) is 5.73 Å². The van der Waals surface area contributed by atoms with Gasteiger partial charge in [-0.05, 0) is 17.7 Å². The number of aliphatic hydroxyl groups is 1. The number of nitrogens with zero attached hydrogens (tertiary/aromatic N) is 4. The summed E-state index contributed by atoms with van der Waals surface area (Å²) >= 11 is 0. The second kappa shape index (κ2) is 14.9. The van der Waals surface area contributed by atoms with Crippen molar-refractivity contribution in [1.29, 1.82) is 0 Å². The molecule has 0 spiro atoms. The number of para-hydroxylation sites is 1. The number of carbonyl (C=O) groups excluding carboxylic acids is 3. The second-order valence-electron chi connectivity index (χ2n) is 9.88. The highest BCUT2D eigenvalue weighted by Crippen LogP contribution is 2.31. The molecule has 42 heavy (non-hydrogen) atoms. The molecule has 1 aliphatic heterocycles. The van der Waals surface area contributed by atoms with E-state index in [9.17, 15) is 19.5 Å². The Hall–Kier alpha value is -4.49. The number of rotatable bonds is 5. The standard InChI is InChI=1S/C29H37N7O6/c1-41-25-10-5-9-22-26(25)42-16-6-13-36-18-21(33-34-36)11-14-35(29(40)23(30)19-37)15-12-31-28(39)24(32-27(22)38)17-20-7-3-2-4-8-20/h2-5,7-10,18,23-24,37H,6,11-17,19,30H2,1H3,(H,31,39)(H,32,38)/t23-,24+/m1/s1. The third-order valence-corrected chi connectivity index (χ3v) is 6.86. The monoisotopic (exact) mass is 579 g/mol. The van der Waals surface area contributed by atoms with Crippen molar-refractivity contribution in [3.8, 4) is 11.5 Å². The van der Waals surface area contributed by atoms with Gasteiger partial charge in [0.1, 0.15) is 12.1 Å². The number of hydrogen-bond donors (Lipinski definition) is 4. The SMILES string of the molecule is COc1cccc2c1OCCCn1cc(nn1)CCN(C(=O)[C@H](N)CO)CCNC(=O)[C@H](Cc1ccccc1)NC2=O. The third kappa shape index (κ3) is 8.04. The van der Waals surface area contributed by atoms with Gasteiger partial charge in [-0.1, -0.05) is 41.6 Å². The zero-order chi connectivity index (χ0) is 29.9. The highest BCUT2D eigenvalue weighted by atomic mass is 16.5. The number of amides is 3. The summed E-state index contributed by atoms with van der Waals surface area (Å²) in [7, 11) is 1.50. The Kier molecular flexibility index (Phi) is 10.8. The zero-order valence-electron chi connectivity index (χ0n) is 23.6. The first-order chi connectivity index (χ1) is 20.4.